The van der Waals surface area contributed by atoms with E-state index >= 15 is 0 Å². The lowest BCUT2D eigenvalue weighted by Crippen LogP contribution is -2.50. The Kier molecular flexibility index (Phi) is 6.31. The summed E-state index contributed by atoms with van der Waals surface area (Å²) < 4.78 is 24.6. The Morgan fingerprint density at radius 1 is 1.30 bits per heavy atom. The van der Waals surface area contributed by atoms with E-state index in [0.717, 1.165) is 37.0 Å². The highest BCUT2D eigenvalue weighted by Gasteiger charge is 2.34. The molecular formula is C20H25FN2O3S. The number of nitrogens with one attached hydrogen (secondary N) is 2. The van der Waals surface area contributed by atoms with Gasteiger partial charge in [-0.15, -0.1) is 0 Å². The average molecular weight is 392 g/mol. The van der Waals surface area contributed by atoms with Gasteiger partial charge < -0.3 is 20.1 Å². The van der Waals surface area contributed by atoms with Gasteiger partial charge in [-0.05, 0) is 49.7 Å². The van der Waals surface area contributed by atoms with Crippen molar-refractivity contribution < 1.29 is 18.7 Å². The summed E-state index contributed by atoms with van der Waals surface area (Å²) in [5.41, 5.74) is 1.73. The molecule has 2 atom stereocenters. The van der Waals surface area contributed by atoms with Gasteiger partial charge in [-0.1, -0.05) is 25.0 Å². The second-order valence-corrected chi connectivity index (χ2v) is 7.40. The van der Waals surface area contributed by atoms with E-state index in [-0.39, 0.29) is 17.6 Å². The zero-order valence-electron chi connectivity index (χ0n) is 15.6. The predicted octanol–water partition coefficient (Wildman–Crippen LogP) is 3.56. The first-order chi connectivity index (χ1) is 13.0. The van der Waals surface area contributed by atoms with Crippen LogP contribution in [0.2, 0.25) is 0 Å². The molecule has 3 rings (SSSR count). The number of methoxy groups -OCH3 is 1. The third kappa shape index (κ3) is 4.40. The van der Waals surface area contributed by atoms with Crippen molar-refractivity contribution in [3.8, 4) is 5.75 Å². The number of carbonyl (C=O) groups excluding carboxylic acids is 1. The molecule has 2 aliphatic rings. The van der Waals surface area contributed by atoms with E-state index in [1.807, 2.05) is 24.3 Å². The highest BCUT2D eigenvalue weighted by Crippen LogP contribution is 2.39. The van der Waals surface area contributed by atoms with E-state index in [1.165, 1.54) is 0 Å². The number of carbonyl (C=O) groups is 1. The van der Waals surface area contributed by atoms with Crippen molar-refractivity contribution >= 4 is 23.3 Å². The van der Waals surface area contributed by atoms with Crippen molar-refractivity contribution in [2.75, 3.05) is 13.8 Å². The van der Waals surface area contributed by atoms with Crippen molar-refractivity contribution in [2.45, 2.75) is 44.8 Å². The van der Waals surface area contributed by atoms with Gasteiger partial charge in [-0.3, -0.25) is 0 Å². The lowest BCUT2D eigenvalue weighted by molar-refractivity contribution is -0.148. The standard InChI is InChI=1S/C20H25FN2O3S/c1-12-17(16(11-21)23-20(27)22-12)19(24)26-18(13-5-3-4-6-13)14-7-9-15(25-2)10-8-14/h7-10,13,16,18H,3-6,11H2,1-2H3,(H2,22,23,27). The number of halogens is 1. The number of hydrogen-bond acceptors (Lipinski definition) is 4. The first-order valence-corrected chi connectivity index (χ1v) is 9.63. The third-order valence-electron chi connectivity index (χ3n) is 5.24. The number of ether oxygens (including phenoxy) is 2. The molecule has 0 bridgehead atoms. The number of hydrogen-bond donors (Lipinski definition) is 2. The second-order valence-electron chi connectivity index (χ2n) is 6.99. The highest BCUT2D eigenvalue weighted by molar-refractivity contribution is 7.80. The van der Waals surface area contributed by atoms with Crippen molar-refractivity contribution in [3.05, 3.63) is 41.1 Å². The number of allylic oxidation sites excluding steroid dienone is 1. The van der Waals surface area contributed by atoms with Crippen LogP contribution in [-0.4, -0.2) is 30.9 Å². The summed E-state index contributed by atoms with van der Waals surface area (Å²) in [4.78, 5) is 13.0. The van der Waals surface area contributed by atoms with E-state index < -0.39 is 18.7 Å². The largest absolute Gasteiger partial charge is 0.497 e. The van der Waals surface area contributed by atoms with E-state index in [9.17, 15) is 9.18 Å². The Labute approximate surface area is 164 Å². The van der Waals surface area contributed by atoms with Crippen molar-refractivity contribution in [1.29, 1.82) is 0 Å². The van der Waals surface area contributed by atoms with Gasteiger partial charge in [0.25, 0.3) is 0 Å². The van der Waals surface area contributed by atoms with E-state index in [1.54, 1.807) is 14.0 Å². The zero-order valence-corrected chi connectivity index (χ0v) is 16.4. The third-order valence-corrected chi connectivity index (χ3v) is 5.46. The van der Waals surface area contributed by atoms with Gasteiger partial charge in [0, 0.05) is 11.6 Å². The molecule has 2 unspecified atom stereocenters. The molecule has 2 N–H and O–H groups in total. The molecule has 27 heavy (non-hydrogen) atoms. The minimum Gasteiger partial charge on any atom is -0.497 e. The molecule has 1 aliphatic carbocycles. The molecular weight excluding hydrogens is 367 g/mol. The topological polar surface area (TPSA) is 59.6 Å². The first kappa shape index (κ1) is 19.6. The fourth-order valence-electron chi connectivity index (χ4n) is 3.85. The number of thiocarbonyl (C=S) groups is 1. The molecule has 0 saturated heterocycles. The summed E-state index contributed by atoms with van der Waals surface area (Å²) in [5.74, 6) is 0.503. The Balaban J connectivity index is 1.85. The molecule has 0 radical (unpaired) electrons. The van der Waals surface area contributed by atoms with E-state index in [0.29, 0.717) is 10.8 Å². The fourth-order valence-corrected chi connectivity index (χ4v) is 4.14. The van der Waals surface area contributed by atoms with Crippen molar-refractivity contribution in [2.24, 2.45) is 5.92 Å². The molecule has 1 aromatic rings. The smallest absolute Gasteiger partial charge is 0.338 e. The monoisotopic (exact) mass is 392 g/mol. The zero-order chi connectivity index (χ0) is 19.4. The number of alkyl halides is 1. The maximum Gasteiger partial charge on any atom is 0.338 e. The molecule has 1 aromatic carbocycles. The normalized spacial score (nSPS) is 21.4. The molecule has 1 aliphatic heterocycles. The van der Waals surface area contributed by atoms with Crippen LogP contribution in [-0.2, 0) is 9.53 Å². The summed E-state index contributed by atoms with van der Waals surface area (Å²) in [7, 11) is 1.61. The second kappa shape index (κ2) is 8.69. The summed E-state index contributed by atoms with van der Waals surface area (Å²) in [6.45, 7) is 0.977. The SMILES string of the molecule is COc1ccc(C(OC(=O)C2=C(C)NC(=S)NC2CF)C2CCCC2)cc1. The van der Waals surface area contributed by atoms with Crippen molar-refractivity contribution in [3.63, 3.8) is 0 Å². The summed E-state index contributed by atoms with van der Waals surface area (Å²) in [6.07, 6.45) is 3.91. The highest BCUT2D eigenvalue weighted by atomic mass is 32.1. The maximum atomic E-state index is 13.5. The van der Waals surface area contributed by atoms with Crippen LogP contribution in [0.25, 0.3) is 0 Å². The van der Waals surface area contributed by atoms with Crippen LogP contribution in [0.1, 0.15) is 44.3 Å². The molecule has 5 nitrogen and oxygen atoms in total. The molecule has 0 amide bonds. The minimum atomic E-state index is -0.786. The Morgan fingerprint density at radius 2 is 1.96 bits per heavy atom. The molecule has 0 spiro atoms. The van der Waals surface area contributed by atoms with Gasteiger partial charge in [0.2, 0.25) is 0 Å². The molecule has 1 fully saturated rings. The van der Waals surface area contributed by atoms with Crippen LogP contribution in [0.3, 0.4) is 0 Å². The maximum absolute atomic E-state index is 13.5. The van der Waals surface area contributed by atoms with Crippen LogP contribution in [0.15, 0.2) is 35.5 Å². The van der Waals surface area contributed by atoms with Crippen LogP contribution < -0.4 is 15.4 Å². The summed E-state index contributed by atoms with van der Waals surface area (Å²) in [6, 6.07) is 6.79. The van der Waals surface area contributed by atoms with E-state index in [2.05, 4.69) is 10.6 Å². The Hall–Kier alpha value is -2.15. The molecule has 1 heterocycles. The molecule has 146 valence electrons. The quantitative estimate of drug-likeness (QED) is 0.570. The molecule has 0 aromatic heterocycles. The fraction of sp³-hybridized carbons (Fsp3) is 0.500. The van der Waals surface area contributed by atoms with Gasteiger partial charge in [0.1, 0.15) is 18.5 Å². The summed E-state index contributed by atoms with van der Waals surface area (Å²) in [5, 5.41) is 6.00. The van der Waals surface area contributed by atoms with Crippen LogP contribution in [0.5, 0.6) is 5.75 Å². The van der Waals surface area contributed by atoms with Crippen LogP contribution in [0, 0.1) is 5.92 Å². The summed E-state index contributed by atoms with van der Waals surface area (Å²) >= 11 is 5.05. The van der Waals surface area contributed by atoms with E-state index in [4.69, 9.17) is 21.7 Å². The number of benzene rings is 1. The lowest BCUT2D eigenvalue weighted by Gasteiger charge is -2.30. The number of rotatable bonds is 6. The first-order valence-electron chi connectivity index (χ1n) is 9.22. The van der Waals surface area contributed by atoms with Crippen LogP contribution in [0.4, 0.5) is 4.39 Å². The Morgan fingerprint density at radius 3 is 2.56 bits per heavy atom. The molecule has 1 saturated carbocycles. The van der Waals surface area contributed by atoms with Gasteiger partial charge in [0.05, 0.1) is 18.7 Å². The minimum absolute atomic E-state index is 0.262. The average Bonchev–Trinajstić information content (AvgIpc) is 3.19. The van der Waals surface area contributed by atoms with Crippen molar-refractivity contribution in [1.82, 2.24) is 10.6 Å². The predicted molar refractivity (Wildman–Crippen MR) is 105 cm³/mol. The van der Waals surface area contributed by atoms with Crippen LogP contribution >= 0.6 is 12.2 Å². The Bertz CT molecular complexity index is 729. The van der Waals surface area contributed by atoms with Gasteiger partial charge >= 0.3 is 5.97 Å². The molecule has 7 heteroatoms. The number of esters is 1. The van der Waals surface area contributed by atoms with Gasteiger partial charge in [-0.25, -0.2) is 9.18 Å². The lowest BCUT2D eigenvalue weighted by atomic mass is 9.93. The van der Waals surface area contributed by atoms with Gasteiger partial charge in [0.15, 0.2) is 5.11 Å². The van der Waals surface area contributed by atoms with Gasteiger partial charge in [-0.2, -0.15) is 0 Å².